The number of amides is 1. The van der Waals surface area contributed by atoms with Crippen molar-refractivity contribution in [2.24, 2.45) is 5.92 Å². The molecule has 3 rings (SSSR count). The summed E-state index contributed by atoms with van der Waals surface area (Å²) in [5.74, 6) is 0.820. The molecule has 2 aromatic rings. The molecule has 1 aliphatic rings. The smallest absolute Gasteiger partial charge is 0.248 e. The second-order valence-corrected chi connectivity index (χ2v) is 8.08. The number of epoxide rings is 1. The van der Waals surface area contributed by atoms with Gasteiger partial charge in [0, 0.05) is 11.1 Å². The Hall–Kier alpha value is -1.89. The van der Waals surface area contributed by atoms with Gasteiger partial charge >= 0.3 is 0 Å². The number of rotatable bonds is 8. The van der Waals surface area contributed by atoms with Gasteiger partial charge in [-0.15, -0.1) is 11.3 Å². The van der Waals surface area contributed by atoms with E-state index in [9.17, 15) is 4.79 Å². The molecule has 0 radical (unpaired) electrons. The number of benzene rings is 1. The van der Waals surface area contributed by atoms with Crippen LogP contribution in [-0.4, -0.2) is 24.1 Å². The average molecular weight is 407 g/mol. The number of methoxy groups -OCH3 is 1. The lowest BCUT2D eigenvalue weighted by Gasteiger charge is -2.07. The van der Waals surface area contributed by atoms with Gasteiger partial charge in [-0.25, -0.2) is 4.98 Å². The Labute approximate surface area is 168 Å². The predicted octanol–water partition coefficient (Wildman–Crippen LogP) is 5.16. The normalized spacial score (nSPS) is 19.9. The third-order valence-corrected chi connectivity index (χ3v) is 5.58. The molecule has 3 atom stereocenters. The molecule has 5 nitrogen and oxygen atoms in total. The Kier molecular flexibility index (Phi) is 6.52. The number of aryl methyl sites for hydroxylation is 1. The molecule has 1 saturated heterocycles. The van der Waals surface area contributed by atoms with E-state index >= 15 is 0 Å². The Morgan fingerprint density at radius 1 is 1.52 bits per heavy atom. The molecular weight excluding hydrogens is 384 g/mol. The maximum atomic E-state index is 12.0. The summed E-state index contributed by atoms with van der Waals surface area (Å²) in [6.45, 7) is 4.18. The van der Waals surface area contributed by atoms with Crippen LogP contribution in [0.15, 0.2) is 35.7 Å². The molecule has 7 heteroatoms. The quantitative estimate of drug-likeness (QED) is 0.485. The molecule has 0 saturated carbocycles. The van der Waals surface area contributed by atoms with Crippen LogP contribution < -0.4 is 10.1 Å². The van der Waals surface area contributed by atoms with E-state index in [0.29, 0.717) is 22.4 Å². The Bertz CT molecular complexity index is 836. The maximum absolute atomic E-state index is 12.0. The number of thiazole rings is 1. The number of carbonyl (C=O) groups is 1. The number of aromatic nitrogens is 1. The van der Waals surface area contributed by atoms with Gasteiger partial charge in [-0.05, 0) is 50.0 Å². The molecule has 2 heterocycles. The fraction of sp³-hybridized carbons (Fsp3) is 0.400. The number of carbonyl (C=O) groups excluding carboxylic acids is 1. The van der Waals surface area contributed by atoms with Crippen LogP contribution in [0.25, 0.3) is 0 Å². The zero-order chi connectivity index (χ0) is 19.4. The van der Waals surface area contributed by atoms with Gasteiger partial charge in [-0.2, -0.15) is 0 Å². The van der Waals surface area contributed by atoms with Crippen molar-refractivity contribution in [2.45, 2.75) is 38.9 Å². The van der Waals surface area contributed by atoms with E-state index in [-0.39, 0.29) is 18.1 Å². The van der Waals surface area contributed by atoms with Crippen LogP contribution in [-0.2, 0) is 9.53 Å². The molecule has 1 aromatic carbocycles. The van der Waals surface area contributed by atoms with Gasteiger partial charge in [-0.1, -0.05) is 24.6 Å². The van der Waals surface area contributed by atoms with E-state index in [1.54, 1.807) is 42.7 Å². The number of hydrogen-bond acceptors (Lipinski definition) is 5. The molecule has 1 aliphatic heterocycles. The van der Waals surface area contributed by atoms with E-state index in [2.05, 4.69) is 22.6 Å². The minimum atomic E-state index is -0.178. The van der Waals surface area contributed by atoms with Gasteiger partial charge < -0.3 is 14.8 Å². The molecule has 0 aliphatic carbocycles. The van der Waals surface area contributed by atoms with Gasteiger partial charge in [0.1, 0.15) is 11.9 Å². The lowest BCUT2D eigenvalue weighted by Crippen LogP contribution is -2.08. The molecule has 3 unspecified atom stereocenters. The monoisotopic (exact) mass is 406 g/mol. The van der Waals surface area contributed by atoms with Crippen molar-refractivity contribution in [2.75, 3.05) is 12.4 Å². The fourth-order valence-corrected chi connectivity index (χ4v) is 3.84. The number of allylic oxidation sites excluding steroid dienone is 1. The number of ether oxygens (including phenoxy) is 2. The van der Waals surface area contributed by atoms with E-state index in [0.717, 1.165) is 23.5 Å². The van der Waals surface area contributed by atoms with Crippen LogP contribution in [0.1, 0.15) is 36.6 Å². The first-order chi connectivity index (χ1) is 13.0. The highest BCUT2D eigenvalue weighted by Gasteiger charge is 2.44. The Balaban J connectivity index is 1.40. The summed E-state index contributed by atoms with van der Waals surface area (Å²) in [5, 5.41) is 6.39. The fourth-order valence-electron chi connectivity index (χ4n) is 2.95. The van der Waals surface area contributed by atoms with Crippen molar-refractivity contribution in [3.05, 3.63) is 51.5 Å². The highest BCUT2D eigenvalue weighted by atomic mass is 35.5. The first kappa shape index (κ1) is 19.9. The van der Waals surface area contributed by atoms with Crippen molar-refractivity contribution in [3.8, 4) is 5.75 Å². The molecule has 1 aromatic heterocycles. The second kappa shape index (κ2) is 8.87. The van der Waals surface area contributed by atoms with Crippen molar-refractivity contribution in [1.82, 2.24) is 4.98 Å². The van der Waals surface area contributed by atoms with Crippen molar-refractivity contribution in [3.63, 3.8) is 0 Å². The van der Waals surface area contributed by atoms with Crippen LogP contribution >= 0.6 is 22.9 Å². The summed E-state index contributed by atoms with van der Waals surface area (Å²) >= 11 is 7.71. The topological polar surface area (TPSA) is 63.8 Å². The lowest BCUT2D eigenvalue weighted by molar-refractivity contribution is -0.111. The van der Waals surface area contributed by atoms with Crippen molar-refractivity contribution < 1.29 is 14.3 Å². The lowest BCUT2D eigenvalue weighted by atomic mass is 9.98. The number of anilines is 1. The van der Waals surface area contributed by atoms with E-state index in [1.165, 1.54) is 0 Å². The maximum Gasteiger partial charge on any atom is 0.248 e. The van der Waals surface area contributed by atoms with E-state index < -0.39 is 0 Å². The Morgan fingerprint density at radius 2 is 2.33 bits per heavy atom. The third-order valence-electron chi connectivity index (χ3n) is 4.49. The molecule has 27 heavy (non-hydrogen) atoms. The summed E-state index contributed by atoms with van der Waals surface area (Å²) in [5.41, 5.74) is 1.68. The van der Waals surface area contributed by atoms with Gasteiger partial charge in [0.25, 0.3) is 0 Å². The van der Waals surface area contributed by atoms with Crippen LogP contribution in [0, 0.1) is 12.8 Å². The largest absolute Gasteiger partial charge is 0.495 e. The van der Waals surface area contributed by atoms with Gasteiger partial charge in [0.05, 0.1) is 28.9 Å². The molecular formula is C20H23ClN2O3S. The van der Waals surface area contributed by atoms with Crippen LogP contribution in [0.3, 0.4) is 0 Å². The summed E-state index contributed by atoms with van der Waals surface area (Å²) < 4.78 is 10.9. The SMILES string of the molecule is COc1ccc(NC(=O)/C=C/CCC(C)C2OC2c2csc(C)n2)cc1Cl. The van der Waals surface area contributed by atoms with E-state index in [1.807, 2.05) is 13.0 Å². The molecule has 1 amide bonds. The summed E-state index contributed by atoms with van der Waals surface area (Å²) in [4.78, 5) is 16.5. The summed E-state index contributed by atoms with van der Waals surface area (Å²) in [6.07, 6.45) is 5.59. The Morgan fingerprint density at radius 3 is 3.00 bits per heavy atom. The molecule has 1 fully saturated rings. The summed E-state index contributed by atoms with van der Waals surface area (Å²) in [7, 11) is 1.55. The first-order valence-electron chi connectivity index (χ1n) is 8.86. The first-order valence-corrected chi connectivity index (χ1v) is 10.1. The standard InChI is InChI=1S/C20H23ClN2O3S/c1-12(19-20(26-19)16-11-27-13(2)22-16)6-4-5-7-18(24)23-14-8-9-17(25-3)15(21)10-14/h5,7-12,19-20H,4,6H2,1-3H3,(H,23,24)/b7-5+. The van der Waals surface area contributed by atoms with Crippen molar-refractivity contribution in [1.29, 1.82) is 0 Å². The number of nitrogens with zero attached hydrogens (tertiary/aromatic N) is 1. The molecule has 0 spiro atoms. The minimum Gasteiger partial charge on any atom is -0.495 e. The zero-order valence-corrected chi connectivity index (χ0v) is 17.1. The number of nitrogens with one attached hydrogen (secondary N) is 1. The minimum absolute atomic E-state index is 0.136. The van der Waals surface area contributed by atoms with Gasteiger partial charge in [-0.3, -0.25) is 4.79 Å². The highest BCUT2D eigenvalue weighted by molar-refractivity contribution is 7.09. The van der Waals surface area contributed by atoms with Crippen LogP contribution in [0.5, 0.6) is 5.75 Å². The molecule has 144 valence electrons. The third kappa shape index (κ3) is 5.31. The van der Waals surface area contributed by atoms with Gasteiger partial charge in [0.2, 0.25) is 5.91 Å². The van der Waals surface area contributed by atoms with Gasteiger partial charge in [0.15, 0.2) is 0 Å². The molecule has 0 bridgehead atoms. The average Bonchev–Trinajstić information content (AvgIpc) is 3.33. The second-order valence-electron chi connectivity index (χ2n) is 6.61. The van der Waals surface area contributed by atoms with Crippen LogP contribution in [0.2, 0.25) is 5.02 Å². The van der Waals surface area contributed by atoms with Crippen LogP contribution in [0.4, 0.5) is 5.69 Å². The zero-order valence-electron chi connectivity index (χ0n) is 15.6. The highest BCUT2D eigenvalue weighted by Crippen LogP contribution is 2.44. The van der Waals surface area contributed by atoms with E-state index in [4.69, 9.17) is 21.1 Å². The summed E-state index contributed by atoms with van der Waals surface area (Å²) in [6, 6.07) is 5.14. The predicted molar refractivity (Wildman–Crippen MR) is 109 cm³/mol. The molecule has 1 N–H and O–H groups in total. The number of hydrogen-bond donors (Lipinski definition) is 1. The number of halogens is 1. The van der Waals surface area contributed by atoms with Crippen molar-refractivity contribution >= 4 is 34.5 Å².